The lowest BCUT2D eigenvalue weighted by atomic mass is 10.1. The normalized spacial score (nSPS) is 14.5. The van der Waals surface area contributed by atoms with Gasteiger partial charge in [-0.25, -0.2) is 0 Å². The molecule has 6 heteroatoms. The second kappa shape index (κ2) is 7.97. The van der Waals surface area contributed by atoms with Gasteiger partial charge in [0.15, 0.2) is 0 Å². The Hall–Kier alpha value is -1.62. The Morgan fingerprint density at radius 2 is 1.79 bits per heavy atom. The summed E-state index contributed by atoms with van der Waals surface area (Å²) in [6.07, 6.45) is 0. The van der Waals surface area contributed by atoms with Crippen molar-refractivity contribution in [2.45, 2.75) is 6.54 Å². The van der Waals surface area contributed by atoms with Crippen LogP contribution < -0.4 is 15.0 Å². The van der Waals surface area contributed by atoms with Crippen molar-refractivity contribution in [1.29, 1.82) is 0 Å². The molecule has 3 rings (SSSR count). The predicted molar refractivity (Wildman–Crippen MR) is 99.8 cm³/mol. The van der Waals surface area contributed by atoms with Gasteiger partial charge in [-0.3, -0.25) is 0 Å². The number of morpholine rings is 1. The Kier molecular flexibility index (Phi) is 5.72. The number of halogens is 2. The number of anilines is 2. The number of methoxy groups -OCH3 is 1. The Morgan fingerprint density at radius 1 is 1.08 bits per heavy atom. The standard InChI is InChI=1S/C18H20Cl2N2O2/c1-23-18-5-3-14(19)10-13(18)12-21-16-11-15(20)2-4-17(16)22-6-8-24-9-7-22/h2-5,10-11,21H,6-9,12H2,1H3. The van der Waals surface area contributed by atoms with Crippen LogP contribution in [0.15, 0.2) is 36.4 Å². The number of nitrogens with one attached hydrogen (secondary N) is 1. The van der Waals surface area contributed by atoms with Crippen LogP contribution in [0, 0.1) is 0 Å². The molecule has 1 aliphatic rings. The first-order valence-corrected chi connectivity index (χ1v) is 8.61. The highest BCUT2D eigenvalue weighted by Gasteiger charge is 2.15. The van der Waals surface area contributed by atoms with Crippen molar-refractivity contribution in [3.05, 3.63) is 52.0 Å². The second-order valence-corrected chi connectivity index (χ2v) is 6.44. The minimum Gasteiger partial charge on any atom is -0.496 e. The second-order valence-electron chi connectivity index (χ2n) is 5.57. The number of hydrogen-bond donors (Lipinski definition) is 1. The van der Waals surface area contributed by atoms with E-state index < -0.39 is 0 Å². The molecule has 1 fully saturated rings. The number of rotatable bonds is 5. The Balaban J connectivity index is 1.82. The zero-order chi connectivity index (χ0) is 16.9. The molecule has 0 spiro atoms. The summed E-state index contributed by atoms with van der Waals surface area (Å²) in [6, 6.07) is 11.5. The topological polar surface area (TPSA) is 33.7 Å². The van der Waals surface area contributed by atoms with Gasteiger partial charge in [-0.1, -0.05) is 23.2 Å². The summed E-state index contributed by atoms with van der Waals surface area (Å²) in [6.45, 7) is 3.82. The fraction of sp³-hybridized carbons (Fsp3) is 0.333. The van der Waals surface area contributed by atoms with Crippen LogP contribution in [-0.4, -0.2) is 33.4 Å². The van der Waals surface area contributed by atoms with Crippen LogP contribution in [0.4, 0.5) is 11.4 Å². The van der Waals surface area contributed by atoms with Gasteiger partial charge in [0.1, 0.15) is 5.75 Å². The van der Waals surface area contributed by atoms with Crippen molar-refractivity contribution in [2.24, 2.45) is 0 Å². The first-order chi connectivity index (χ1) is 11.7. The molecule has 0 bridgehead atoms. The van der Waals surface area contributed by atoms with Gasteiger partial charge in [0.05, 0.1) is 31.7 Å². The number of nitrogens with zero attached hydrogens (tertiary/aromatic N) is 1. The van der Waals surface area contributed by atoms with Gasteiger partial charge >= 0.3 is 0 Å². The van der Waals surface area contributed by atoms with E-state index in [0.717, 1.165) is 49.0 Å². The van der Waals surface area contributed by atoms with Crippen LogP contribution in [-0.2, 0) is 11.3 Å². The number of hydrogen-bond acceptors (Lipinski definition) is 4. The largest absolute Gasteiger partial charge is 0.496 e. The maximum absolute atomic E-state index is 6.19. The summed E-state index contributed by atoms with van der Waals surface area (Å²) in [7, 11) is 1.66. The fourth-order valence-corrected chi connectivity index (χ4v) is 3.17. The van der Waals surface area contributed by atoms with Crippen LogP contribution in [0.25, 0.3) is 0 Å². The summed E-state index contributed by atoms with van der Waals surface area (Å²) in [5, 5.41) is 4.85. The molecule has 0 aromatic heterocycles. The maximum atomic E-state index is 6.19. The molecule has 2 aromatic carbocycles. The van der Waals surface area contributed by atoms with Gasteiger partial charge in [0.2, 0.25) is 0 Å². The molecule has 128 valence electrons. The third-order valence-corrected chi connectivity index (χ3v) is 4.49. The van der Waals surface area contributed by atoms with E-state index in [9.17, 15) is 0 Å². The SMILES string of the molecule is COc1ccc(Cl)cc1CNc1cc(Cl)ccc1N1CCOCC1. The molecule has 24 heavy (non-hydrogen) atoms. The van der Waals surface area contributed by atoms with Gasteiger partial charge in [0, 0.05) is 35.2 Å². The molecule has 1 saturated heterocycles. The summed E-state index contributed by atoms with van der Waals surface area (Å²) in [5.74, 6) is 0.807. The molecule has 2 aromatic rings. The predicted octanol–water partition coefficient (Wildman–Crippen LogP) is 4.45. The molecule has 0 unspecified atom stereocenters. The molecule has 0 amide bonds. The van der Waals surface area contributed by atoms with E-state index in [2.05, 4.69) is 10.2 Å². The Morgan fingerprint density at radius 3 is 2.54 bits per heavy atom. The molecule has 0 radical (unpaired) electrons. The third kappa shape index (κ3) is 4.07. The lowest BCUT2D eigenvalue weighted by Gasteiger charge is -2.31. The molecular weight excluding hydrogens is 347 g/mol. The average Bonchev–Trinajstić information content (AvgIpc) is 2.61. The summed E-state index contributed by atoms with van der Waals surface area (Å²) in [4.78, 5) is 2.30. The van der Waals surface area contributed by atoms with Crippen molar-refractivity contribution >= 4 is 34.6 Å². The maximum Gasteiger partial charge on any atom is 0.123 e. The van der Waals surface area contributed by atoms with Crippen LogP contribution in [0.2, 0.25) is 10.0 Å². The molecule has 0 aliphatic carbocycles. The quantitative estimate of drug-likeness (QED) is 0.847. The van der Waals surface area contributed by atoms with Crippen LogP contribution in [0.5, 0.6) is 5.75 Å². The molecule has 1 aliphatic heterocycles. The number of ether oxygens (including phenoxy) is 2. The van der Waals surface area contributed by atoms with E-state index in [1.54, 1.807) is 7.11 Å². The average molecular weight is 367 g/mol. The summed E-state index contributed by atoms with van der Waals surface area (Å²) >= 11 is 12.3. The fourth-order valence-electron chi connectivity index (χ4n) is 2.81. The third-order valence-electron chi connectivity index (χ3n) is 4.02. The van der Waals surface area contributed by atoms with Crippen LogP contribution in [0.3, 0.4) is 0 Å². The zero-order valence-electron chi connectivity index (χ0n) is 13.5. The lowest BCUT2D eigenvalue weighted by molar-refractivity contribution is 0.123. The molecule has 0 saturated carbocycles. The van der Waals surface area contributed by atoms with Gasteiger partial charge < -0.3 is 19.7 Å². The summed E-state index contributed by atoms with van der Waals surface area (Å²) < 4.78 is 10.8. The van der Waals surface area contributed by atoms with Crippen LogP contribution in [0.1, 0.15) is 5.56 Å². The highest BCUT2D eigenvalue weighted by molar-refractivity contribution is 6.31. The first-order valence-electron chi connectivity index (χ1n) is 7.86. The highest BCUT2D eigenvalue weighted by atomic mass is 35.5. The van der Waals surface area contributed by atoms with Crippen molar-refractivity contribution in [3.63, 3.8) is 0 Å². The van der Waals surface area contributed by atoms with E-state index in [4.69, 9.17) is 32.7 Å². The smallest absolute Gasteiger partial charge is 0.123 e. The van der Waals surface area contributed by atoms with Crippen LogP contribution >= 0.6 is 23.2 Å². The monoisotopic (exact) mass is 366 g/mol. The molecule has 4 nitrogen and oxygen atoms in total. The van der Waals surface area contributed by atoms with E-state index in [1.165, 1.54) is 0 Å². The lowest BCUT2D eigenvalue weighted by Crippen LogP contribution is -2.36. The van der Waals surface area contributed by atoms with Crippen molar-refractivity contribution in [3.8, 4) is 5.75 Å². The van der Waals surface area contributed by atoms with Crippen molar-refractivity contribution in [2.75, 3.05) is 43.6 Å². The van der Waals surface area contributed by atoms with Gasteiger partial charge in [0.25, 0.3) is 0 Å². The van der Waals surface area contributed by atoms with Gasteiger partial charge in [-0.15, -0.1) is 0 Å². The Bertz CT molecular complexity index is 703. The van der Waals surface area contributed by atoms with E-state index in [-0.39, 0.29) is 0 Å². The molecule has 0 atom stereocenters. The van der Waals surface area contributed by atoms with Crippen molar-refractivity contribution in [1.82, 2.24) is 0 Å². The molecular formula is C18H20Cl2N2O2. The molecule has 1 heterocycles. The van der Waals surface area contributed by atoms with E-state index in [1.807, 2.05) is 36.4 Å². The summed E-state index contributed by atoms with van der Waals surface area (Å²) in [5.41, 5.74) is 3.12. The highest BCUT2D eigenvalue weighted by Crippen LogP contribution is 2.31. The molecule has 1 N–H and O–H groups in total. The van der Waals surface area contributed by atoms with E-state index >= 15 is 0 Å². The van der Waals surface area contributed by atoms with Crippen molar-refractivity contribution < 1.29 is 9.47 Å². The minimum absolute atomic E-state index is 0.599. The van der Waals surface area contributed by atoms with Gasteiger partial charge in [-0.2, -0.15) is 0 Å². The minimum atomic E-state index is 0.599. The number of benzene rings is 2. The zero-order valence-corrected chi connectivity index (χ0v) is 15.0. The Labute approximate surface area is 152 Å². The first kappa shape index (κ1) is 17.2. The van der Waals surface area contributed by atoms with Gasteiger partial charge in [-0.05, 0) is 36.4 Å². The van der Waals surface area contributed by atoms with E-state index in [0.29, 0.717) is 16.6 Å².